The number of carbonyl (C=O) groups excluding carboxylic acids is 1. The van der Waals surface area contributed by atoms with E-state index >= 15 is 0 Å². The number of nitrogens with zero attached hydrogens (tertiary/aromatic N) is 1. The molecule has 29 heavy (non-hydrogen) atoms. The zero-order valence-electron chi connectivity index (χ0n) is 15.7. The molecule has 0 radical (unpaired) electrons. The summed E-state index contributed by atoms with van der Waals surface area (Å²) in [5.74, 6) is -0.337. The first-order valence-corrected chi connectivity index (χ1v) is 10.8. The van der Waals surface area contributed by atoms with Gasteiger partial charge in [0.1, 0.15) is 0 Å². The lowest BCUT2D eigenvalue weighted by atomic mass is 10.1. The van der Waals surface area contributed by atoms with Crippen molar-refractivity contribution in [2.75, 3.05) is 16.7 Å². The highest BCUT2D eigenvalue weighted by Crippen LogP contribution is 2.27. The lowest BCUT2D eigenvalue weighted by molar-refractivity contribution is 0.102. The molecule has 0 saturated carbocycles. The Balaban J connectivity index is 1.86. The molecule has 0 unspecified atom stereocenters. The van der Waals surface area contributed by atoms with Crippen molar-refractivity contribution in [1.29, 1.82) is 0 Å². The van der Waals surface area contributed by atoms with Gasteiger partial charge in [0, 0.05) is 17.6 Å². The van der Waals surface area contributed by atoms with Crippen molar-refractivity contribution >= 4 is 50.5 Å². The number of carbonyl (C=O) groups is 1. The summed E-state index contributed by atoms with van der Waals surface area (Å²) >= 11 is 11.9. The summed E-state index contributed by atoms with van der Waals surface area (Å²) in [5.41, 5.74) is 2.00. The number of benzene rings is 3. The molecule has 0 atom stereocenters. The average molecular weight is 449 g/mol. The number of aryl methyl sites for hydroxylation is 1. The molecule has 0 heterocycles. The largest absolute Gasteiger partial charge is 0.321 e. The minimum Gasteiger partial charge on any atom is -0.321 e. The molecule has 0 aromatic heterocycles. The van der Waals surface area contributed by atoms with Crippen LogP contribution in [0.25, 0.3) is 0 Å². The molecule has 3 aromatic rings. The Hall–Kier alpha value is -2.54. The minimum absolute atomic E-state index is 0.129. The lowest BCUT2D eigenvalue weighted by Crippen LogP contribution is -2.27. The quantitative estimate of drug-likeness (QED) is 0.569. The van der Waals surface area contributed by atoms with E-state index in [1.165, 1.54) is 35.6 Å². The third-order valence-electron chi connectivity index (χ3n) is 4.39. The van der Waals surface area contributed by atoms with E-state index in [0.717, 1.165) is 0 Å². The van der Waals surface area contributed by atoms with Gasteiger partial charge in [-0.3, -0.25) is 9.10 Å². The predicted octanol–water partition coefficient (Wildman–Crippen LogP) is 5.38. The fourth-order valence-electron chi connectivity index (χ4n) is 2.80. The maximum Gasteiger partial charge on any atom is 0.264 e. The van der Waals surface area contributed by atoms with Crippen LogP contribution in [0.1, 0.15) is 15.9 Å². The Morgan fingerprint density at radius 3 is 2.24 bits per heavy atom. The first-order chi connectivity index (χ1) is 13.7. The summed E-state index contributed by atoms with van der Waals surface area (Å²) in [6.45, 7) is 1.75. The Morgan fingerprint density at radius 2 is 1.62 bits per heavy atom. The number of sulfonamides is 1. The molecule has 3 aromatic carbocycles. The molecule has 0 aliphatic carbocycles. The Morgan fingerprint density at radius 1 is 0.966 bits per heavy atom. The first kappa shape index (κ1) is 21.2. The van der Waals surface area contributed by atoms with Gasteiger partial charge < -0.3 is 5.32 Å². The van der Waals surface area contributed by atoms with E-state index in [0.29, 0.717) is 32.5 Å². The average Bonchev–Trinajstić information content (AvgIpc) is 2.69. The number of nitrogens with one attached hydrogen (secondary N) is 1. The molecule has 0 bridgehead atoms. The first-order valence-electron chi connectivity index (χ1n) is 8.61. The zero-order valence-corrected chi connectivity index (χ0v) is 18.0. The zero-order chi connectivity index (χ0) is 21.2. The third kappa shape index (κ3) is 4.56. The van der Waals surface area contributed by atoms with E-state index < -0.39 is 10.0 Å². The van der Waals surface area contributed by atoms with Crippen molar-refractivity contribution in [1.82, 2.24) is 0 Å². The van der Waals surface area contributed by atoms with Crippen molar-refractivity contribution < 1.29 is 13.2 Å². The van der Waals surface area contributed by atoms with Gasteiger partial charge in [0.2, 0.25) is 0 Å². The Bertz CT molecular complexity index is 1160. The highest BCUT2D eigenvalue weighted by molar-refractivity contribution is 7.92. The predicted molar refractivity (Wildman–Crippen MR) is 118 cm³/mol. The van der Waals surface area contributed by atoms with Gasteiger partial charge in [0.25, 0.3) is 15.9 Å². The Kier molecular flexibility index (Phi) is 6.17. The van der Waals surface area contributed by atoms with Gasteiger partial charge in [0.15, 0.2) is 0 Å². The van der Waals surface area contributed by atoms with E-state index in [-0.39, 0.29) is 10.8 Å². The topological polar surface area (TPSA) is 66.5 Å². The normalized spacial score (nSPS) is 11.2. The van der Waals surface area contributed by atoms with Crippen molar-refractivity contribution in [3.63, 3.8) is 0 Å². The van der Waals surface area contributed by atoms with E-state index in [2.05, 4.69) is 5.32 Å². The molecule has 0 aliphatic heterocycles. The molecule has 3 rings (SSSR count). The van der Waals surface area contributed by atoms with Crippen LogP contribution in [0.15, 0.2) is 71.6 Å². The number of hydrogen-bond donors (Lipinski definition) is 1. The highest BCUT2D eigenvalue weighted by Gasteiger charge is 2.23. The molecule has 0 fully saturated rings. The molecule has 5 nitrogen and oxygen atoms in total. The third-order valence-corrected chi connectivity index (χ3v) is 6.76. The molecular weight excluding hydrogens is 431 g/mol. The van der Waals surface area contributed by atoms with Crippen molar-refractivity contribution in [3.8, 4) is 0 Å². The maximum atomic E-state index is 12.9. The van der Waals surface area contributed by atoms with Crippen LogP contribution < -0.4 is 9.62 Å². The van der Waals surface area contributed by atoms with Crippen molar-refractivity contribution in [2.45, 2.75) is 11.8 Å². The smallest absolute Gasteiger partial charge is 0.264 e. The molecule has 0 saturated heterocycles. The molecular formula is C21H18Cl2N2O3S. The second kappa shape index (κ2) is 8.45. The monoisotopic (exact) mass is 448 g/mol. The van der Waals surface area contributed by atoms with Crippen LogP contribution >= 0.6 is 23.2 Å². The minimum atomic E-state index is -3.76. The molecule has 0 aliphatic rings. The van der Waals surface area contributed by atoms with Crippen molar-refractivity contribution in [3.05, 3.63) is 87.9 Å². The number of hydrogen-bond acceptors (Lipinski definition) is 3. The molecule has 150 valence electrons. The van der Waals surface area contributed by atoms with Crippen LogP contribution in [-0.2, 0) is 10.0 Å². The van der Waals surface area contributed by atoms with Gasteiger partial charge in [-0.1, -0.05) is 35.3 Å². The van der Waals surface area contributed by atoms with Crippen LogP contribution in [0.5, 0.6) is 0 Å². The summed E-state index contributed by atoms with van der Waals surface area (Å²) in [6.07, 6.45) is 0. The molecule has 1 amide bonds. The van der Waals surface area contributed by atoms with Crippen LogP contribution in [0, 0.1) is 6.92 Å². The van der Waals surface area contributed by atoms with Crippen LogP contribution in [-0.4, -0.2) is 21.4 Å². The number of halogens is 2. The standard InChI is InChI=1S/C21H18Cl2N2O3S/c1-14-13-15(21(26)24-19-6-4-3-5-18(19)23)7-12-20(14)25(2)29(27,28)17-10-8-16(22)9-11-17/h3-13H,1-2H3,(H,24,26). The highest BCUT2D eigenvalue weighted by atomic mass is 35.5. The lowest BCUT2D eigenvalue weighted by Gasteiger charge is -2.22. The van der Waals surface area contributed by atoms with Gasteiger partial charge in [-0.15, -0.1) is 0 Å². The summed E-state index contributed by atoms with van der Waals surface area (Å²) < 4.78 is 26.9. The van der Waals surface area contributed by atoms with Crippen molar-refractivity contribution in [2.24, 2.45) is 0 Å². The van der Waals surface area contributed by atoms with Gasteiger partial charge in [-0.25, -0.2) is 8.42 Å². The van der Waals surface area contributed by atoms with E-state index in [9.17, 15) is 13.2 Å². The van der Waals surface area contributed by atoms with Gasteiger partial charge >= 0.3 is 0 Å². The molecule has 0 spiro atoms. The second-order valence-corrected chi connectivity index (χ2v) is 9.17. The van der Waals surface area contributed by atoms with Crippen LogP contribution in [0.2, 0.25) is 10.0 Å². The van der Waals surface area contributed by atoms with Gasteiger partial charge in [-0.2, -0.15) is 0 Å². The van der Waals surface area contributed by atoms with Crippen LogP contribution in [0.3, 0.4) is 0 Å². The summed E-state index contributed by atoms with van der Waals surface area (Å²) in [7, 11) is -2.29. The van der Waals surface area contributed by atoms with Gasteiger partial charge in [-0.05, 0) is 67.1 Å². The van der Waals surface area contributed by atoms with E-state index in [1.807, 2.05) is 0 Å². The molecule has 8 heteroatoms. The number of amides is 1. The summed E-state index contributed by atoms with van der Waals surface area (Å²) in [6, 6.07) is 17.7. The molecule has 1 N–H and O–H groups in total. The summed E-state index contributed by atoms with van der Waals surface area (Å²) in [5, 5.41) is 3.64. The number of rotatable bonds is 5. The second-order valence-electron chi connectivity index (χ2n) is 6.36. The Labute approximate surface area is 179 Å². The fourth-order valence-corrected chi connectivity index (χ4v) is 4.37. The SMILES string of the molecule is Cc1cc(C(=O)Nc2ccccc2Cl)ccc1N(C)S(=O)(=O)c1ccc(Cl)cc1. The van der Waals surface area contributed by atoms with Gasteiger partial charge in [0.05, 0.1) is 21.3 Å². The van der Waals surface area contributed by atoms with Crippen LogP contribution in [0.4, 0.5) is 11.4 Å². The fraction of sp³-hybridized carbons (Fsp3) is 0.0952. The van der Waals surface area contributed by atoms with E-state index in [1.54, 1.807) is 49.4 Å². The summed E-state index contributed by atoms with van der Waals surface area (Å²) in [4.78, 5) is 12.7. The van der Waals surface area contributed by atoms with E-state index in [4.69, 9.17) is 23.2 Å². The number of anilines is 2. The number of para-hydroxylation sites is 1. The maximum absolute atomic E-state index is 12.9.